The van der Waals surface area contributed by atoms with E-state index in [4.69, 9.17) is 14.2 Å². The smallest absolute Gasteiger partial charge is 0.410 e. The highest BCUT2D eigenvalue weighted by Gasteiger charge is 2.41. The molecule has 28 heavy (non-hydrogen) atoms. The third-order valence-electron chi connectivity index (χ3n) is 4.69. The van der Waals surface area contributed by atoms with Crippen LogP contribution in [0.15, 0.2) is 30.3 Å². The number of nitrogens with zero attached hydrogens (tertiary/aromatic N) is 1. The van der Waals surface area contributed by atoms with E-state index in [0.717, 1.165) is 5.56 Å². The summed E-state index contributed by atoms with van der Waals surface area (Å²) in [6.45, 7) is 4.26. The number of hydrogen-bond donors (Lipinski definition) is 1. The van der Waals surface area contributed by atoms with E-state index in [0.29, 0.717) is 19.4 Å². The number of amides is 2. The van der Waals surface area contributed by atoms with Crippen molar-refractivity contribution in [2.45, 2.75) is 64.2 Å². The third-order valence-corrected chi connectivity index (χ3v) is 4.69. The van der Waals surface area contributed by atoms with E-state index in [1.807, 2.05) is 44.2 Å². The van der Waals surface area contributed by atoms with E-state index >= 15 is 0 Å². The average Bonchev–Trinajstić information content (AvgIpc) is 3.27. The second-order valence-corrected chi connectivity index (χ2v) is 7.25. The first-order chi connectivity index (χ1) is 13.4. The molecule has 0 aliphatic carbocycles. The minimum absolute atomic E-state index is 0.0499. The summed E-state index contributed by atoms with van der Waals surface area (Å²) in [7, 11) is 0. The Balaban J connectivity index is 1.56. The highest BCUT2D eigenvalue weighted by Crippen LogP contribution is 2.22. The molecule has 0 unspecified atom stereocenters. The molecule has 2 heterocycles. The van der Waals surface area contributed by atoms with Crippen molar-refractivity contribution in [2.24, 2.45) is 0 Å². The van der Waals surface area contributed by atoms with E-state index < -0.39 is 30.4 Å². The molecule has 0 spiro atoms. The van der Waals surface area contributed by atoms with Gasteiger partial charge < -0.3 is 19.5 Å². The lowest BCUT2D eigenvalue weighted by Crippen LogP contribution is -2.51. The highest BCUT2D eigenvalue weighted by atomic mass is 16.7. The predicted octanol–water partition coefficient (Wildman–Crippen LogP) is 1.97. The first-order valence-corrected chi connectivity index (χ1v) is 9.56. The van der Waals surface area contributed by atoms with Gasteiger partial charge in [0.25, 0.3) is 0 Å². The standard InChI is InChI=1S/C20H26N2O6/c1-13(2)27-19-15(11-17(23)28-19)21-18(24)16-9-6-10-22(16)20(25)26-12-14-7-4-3-5-8-14/h3-5,7-8,13,15-16,19H,6,9-12H2,1-2H3,(H,21,24)/t15-,16-,19+/m0/s1. The molecule has 1 N–H and O–H groups in total. The molecule has 8 heteroatoms. The van der Waals surface area contributed by atoms with Crippen LogP contribution in [-0.4, -0.2) is 53.9 Å². The van der Waals surface area contributed by atoms with E-state index in [2.05, 4.69) is 5.32 Å². The summed E-state index contributed by atoms with van der Waals surface area (Å²) in [6, 6.07) is 8.18. The maximum absolute atomic E-state index is 12.7. The second kappa shape index (κ2) is 9.05. The first kappa shape index (κ1) is 20.1. The van der Waals surface area contributed by atoms with Gasteiger partial charge in [0.2, 0.25) is 12.2 Å². The van der Waals surface area contributed by atoms with Gasteiger partial charge in [0.05, 0.1) is 12.5 Å². The van der Waals surface area contributed by atoms with Gasteiger partial charge in [-0.3, -0.25) is 14.5 Å². The molecular weight excluding hydrogens is 364 g/mol. The van der Waals surface area contributed by atoms with Crippen LogP contribution in [0, 0.1) is 0 Å². The zero-order chi connectivity index (χ0) is 20.1. The lowest BCUT2D eigenvalue weighted by atomic mass is 10.1. The molecule has 0 aromatic heterocycles. The zero-order valence-corrected chi connectivity index (χ0v) is 16.1. The van der Waals surface area contributed by atoms with Crippen LogP contribution in [0.1, 0.15) is 38.7 Å². The van der Waals surface area contributed by atoms with Gasteiger partial charge in [-0.15, -0.1) is 0 Å². The number of rotatable bonds is 6. The second-order valence-electron chi connectivity index (χ2n) is 7.25. The van der Waals surface area contributed by atoms with Crippen molar-refractivity contribution >= 4 is 18.0 Å². The van der Waals surface area contributed by atoms with Gasteiger partial charge in [-0.1, -0.05) is 30.3 Å². The van der Waals surface area contributed by atoms with Crippen LogP contribution in [0.4, 0.5) is 4.79 Å². The number of ether oxygens (including phenoxy) is 3. The quantitative estimate of drug-likeness (QED) is 0.747. The molecule has 2 saturated heterocycles. The molecule has 3 atom stereocenters. The van der Waals surface area contributed by atoms with Gasteiger partial charge in [0.1, 0.15) is 18.7 Å². The average molecular weight is 390 g/mol. The van der Waals surface area contributed by atoms with Gasteiger partial charge in [-0.05, 0) is 32.3 Å². The van der Waals surface area contributed by atoms with Crippen molar-refractivity contribution in [1.82, 2.24) is 10.2 Å². The van der Waals surface area contributed by atoms with Crippen LogP contribution in [-0.2, 0) is 30.4 Å². The number of hydrogen-bond acceptors (Lipinski definition) is 6. The number of carbonyl (C=O) groups excluding carboxylic acids is 3. The van der Waals surface area contributed by atoms with Crippen LogP contribution in [0.5, 0.6) is 0 Å². The normalized spacial score (nSPS) is 24.3. The summed E-state index contributed by atoms with van der Waals surface area (Å²) in [5.74, 6) is -0.740. The Hall–Kier alpha value is -2.61. The number of nitrogens with one attached hydrogen (secondary N) is 1. The fourth-order valence-corrected chi connectivity index (χ4v) is 3.38. The Morgan fingerprint density at radius 1 is 1.29 bits per heavy atom. The lowest BCUT2D eigenvalue weighted by molar-refractivity contribution is -0.173. The zero-order valence-electron chi connectivity index (χ0n) is 16.1. The fraction of sp³-hybridized carbons (Fsp3) is 0.550. The van der Waals surface area contributed by atoms with Gasteiger partial charge in [-0.2, -0.15) is 0 Å². The molecule has 152 valence electrons. The minimum Gasteiger partial charge on any atom is -0.445 e. The summed E-state index contributed by atoms with van der Waals surface area (Å²) in [5, 5.41) is 2.81. The molecule has 0 saturated carbocycles. The third kappa shape index (κ3) is 5.01. The van der Waals surface area contributed by atoms with Crippen LogP contribution in [0.25, 0.3) is 0 Å². The Kier molecular flexibility index (Phi) is 6.51. The van der Waals surface area contributed by atoms with Crippen molar-refractivity contribution in [3.05, 3.63) is 35.9 Å². The molecular formula is C20H26N2O6. The Bertz CT molecular complexity index is 708. The lowest BCUT2D eigenvalue weighted by Gasteiger charge is -2.26. The van der Waals surface area contributed by atoms with Crippen LogP contribution in [0.3, 0.4) is 0 Å². The Morgan fingerprint density at radius 2 is 2.04 bits per heavy atom. The first-order valence-electron chi connectivity index (χ1n) is 9.56. The summed E-state index contributed by atoms with van der Waals surface area (Å²) in [4.78, 5) is 38.2. The van der Waals surface area contributed by atoms with Crippen molar-refractivity contribution in [2.75, 3.05) is 6.54 Å². The summed E-state index contributed by atoms with van der Waals surface area (Å²) in [6.07, 6.45) is -0.166. The molecule has 2 aliphatic heterocycles. The summed E-state index contributed by atoms with van der Waals surface area (Å²) >= 11 is 0. The molecule has 2 aliphatic rings. The molecule has 2 amide bonds. The topological polar surface area (TPSA) is 94.2 Å². The minimum atomic E-state index is -0.809. The molecule has 1 aromatic carbocycles. The van der Waals surface area contributed by atoms with E-state index in [9.17, 15) is 14.4 Å². The Morgan fingerprint density at radius 3 is 2.75 bits per heavy atom. The maximum atomic E-state index is 12.7. The molecule has 2 fully saturated rings. The monoisotopic (exact) mass is 390 g/mol. The molecule has 0 bridgehead atoms. The van der Waals surface area contributed by atoms with Gasteiger partial charge in [0, 0.05) is 6.54 Å². The van der Waals surface area contributed by atoms with Gasteiger partial charge >= 0.3 is 12.1 Å². The highest BCUT2D eigenvalue weighted by molar-refractivity contribution is 5.87. The molecule has 0 radical (unpaired) electrons. The van der Waals surface area contributed by atoms with Crippen molar-refractivity contribution in [3.63, 3.8) is 0 Å². The van der Waals surface area contributed by atoms with Gasteiger partial charge in [-0.25, -0.2) is 4.79 Å². The fourth-order valence-electron chi connectivity index (χ4n) is 3.38. The number of cyclic esters (lactones) is 1. The van der Waals surface area contributed by atoms with E-state index in [1.165, 1.54) is 4.90 Å². The molecule has 8 nitrogen and oxygen atoms in total. The Labute approximate surface area is 164 Å². The van der Waals surface area contributed by atoms with Crippen LogP contribution in [0.2, 0.25) is 0 Å². The van der Waals surface area contributed by atoms with Crippen molar-refractivity contribution in [3.8, 4) is 0 Å². The van der Waals surface area contributed by atoms with Crippen molar-refractivity contribution in [1.29, 1.82) is 0 Å². The van der Waals surface area contributed by atoms with Crippen LogP contribution < -0.4 is 5.32 Å². The predicted molar refractivity (Wildman–Crippen MR) is 99.0 cm³/mol. The number of likely N-dealkylation sites (tertiary alicyclic amines) is 1. The number of carbonyl (C=O) groups is 3. The van der Waals surface area contributed by atoms with Crippen LogP contribution >= 0.6 is 0 Å². The molecule has 1 aromatic rings. The molecule has 3 rings (SSSR count). The van der Waals surface area contributed by atoms with Crippen molar-refractivity contribution < 1.29 is 28.6 Å². The van der Waals surface area contributed by atoms with Gasteiger partial charge in [0.15, 0.2) is 0 Å². The summed E-state index contributed by atoms with van der Waals surface area (Å²) < 4.78 is 16.0. The largest absolute Gasteiger partial charge is 0.445 e. The number of benzene rings is 1. The van der Waals surface area contributed by atoms with E-state index in [-0.39, 0.29) is 25.0 Å². The SMILES string of the molecule is CC(C)O[C@@H]1OC(=O)C[C@@H]1NC(=O)[C@@H]1CCCN1C(=O)OCc1ccccc1. The number of esters is 1. The van der Waals surface area contributed by atoms with E-state index in [1.54, 1.807) is 0 Å². The maximum Gasteiger partial charge on any atom is 0.410 e. The summed E-state index contributed by atoms with van der Waals surface area (Å²) in [5.41, 5.74) is 0.881.